The molecule has 2 rings (SSSR count). The first-order chi connectivity index (χ1) is 12.8. The summed E-state index contributed by atoms with van der Waals surface area (Å²) in [6.07, 6.45) is -10.2. The largest absolute Gasteiger partial charge is 0.416 e. The molecule has 0 aliphatic rings. The molecule has 150 valence electrons. The minimum Gasteiger partial charge on any atom is -0.267 e. The van der Waals surface area contributed by atoms with Gasteiger partial charge in [0.25, 0.3) is 11.8 Å². The van der Waals surface area contributed by atoms with E-state index in [4.69, 9.17) is 0 Å². The van der Waals surface area contributed by atoms with E-state index in [1.165, 1.54) is 12.1 Å². The predicted molar refractivity (Wildman–Crippen MR) is 93.2 cm³/mol. The molecular formula is C16H8Br2F6N2O2. The van der Waals surface area contributed by atoms with E-state index in [9.17, 15) is 35.9 Å². The summed E-state index contributed by atoms with van der Waals surface area (Å²) < 4.78 is 78.0. The van der Waals surface area contributed by atoms with Crippen molar-refractivity contribution in [3.05, 3.63) is 67.6 Å². The van der Waals surface area contributed by atoms with Crippen LogP contribution in [0.5, 0.6) is 0 Å². The first-order valence-electron chi connectivity index (χ1n) is 7.13. The van der Waals surface area contributed by atoms with Crippen molar-refractivity contribution in [3.63, 3.8) is 0 Å². The highest BCUT2D eigenvalue weighted by Crippen LogP contribution is 2.36. The third kappa shape index (κ3) is 5.71. The highest BCUT2D eigenvalue weighted by molar-refractivity contribution is 9.11. The summed E-state index contributed by atoms with van der Waals surface area (Å²) >= 11 is 6.28. The van der Waals surface area contributed by atoms with Crippen molar-refractivity contribution in [2.24, 2.45) is 0 Å². The topological polar surface area (TPSA) is 58.2 Å². The van der Waals surface area contributed by atoms with Crippen molar-refractivity contribution in [3.8, 4) is 0 Å². The molecule has 0 bridgehead atoms. The monoisotopic (exact) mass is 532 g/mol. The number of nitrogens with one attached hydrogen (secondary N) is 2. The van der Waals surface area contributed by atoms with Crippen molar-refractivity contribution in [2.75, 3.05) is 0 Å². The molecule has 0 atom stereocenters. The van der Waals surface area contributed by atoms with Crippen molar-refractivity contribution < 1.29 is 35.9 Å². The van der Waals surface area contributed by atoms with Crippen LogP contribution in [0.2, 0.25) is 0 Å². The number of benzene rings is 2. The van der Waals surface area contributed by atoms with Gasteiger partial charge in [-0.3, -0.25) is 20.4 Å². The van der Waals surface area contributed by atoms with Gasteiger partial charge in [-0.05, 0) is 36.4 Å². The standard InChI is InChI=1S/C16H8Br2F6N2O2/c17-11-3-8(4-12(18)6-11)14(28)26-25-13(27)7-1-9(15(19,20)21)5-10(2-7)16(22,23)24/h1-6H,(H,25,27)(H,26,28). The Kier molecular flexibility index (Phi) is 6.44. The SMILES string of the molecule is O=C(NNC(=O)c1cc(C(F)(F)F)cc(C(F)(F)F)c1)c1cc(Br)cc(Br)c1. The molecule has 2 aromatic carbocycles. The highest BCUT2D eigenvalue weighted by atomic mass is 79.9. The molecule has 0 radical (unpaired) electrons. The minimum atomic E-state index is -5.10. The van der Waals surface area contributed by atoms with Crippen molar-refractivity contribution in [1.82, 2.24) is 10.9 Å². The van der Waals surface area contributed by atoms with Crippen LogP contribution in [-0.2, 0) is 12.4 Å². The molecule has 4 nitrogen and oxygen atoms in total. The van der Waals surface area contributed by atoms with E-state index in [1.807, 2.05) is 5.43 Å². The van der Waals surface area contributed by atoms with Gasteiger partial charge in [0.1, 0.15) is 0 Å². The van der Waals surface area contributed by atoms with Crippen molar-refractivity contribution in [1.29, 1.82) is 0 Å². The average molecular weight is 534 g/mol. The molecule has 0 saturated heterocycles. The van der Waals surface area contributed by atoms with Crippen LogP contribution in [-0.4, -0.2) is 11.8 Å². The Hall–Kier alpha value is -2.08. The number of alkyl halides is 6. The van der Waals surface area contributed by atoms with Crippen LogP contribution in [0.4, 0.5) is 26.3 Å². The number of hydrogen-bond donors (Lipinski definition) is 2. The van der Waals surface area contributed by atoms with Gasteiger partial charge in [0.2, 0.25) is 0 Å². The van der Waals surface area contributed by atoms with E-state index < -0.39 is 40.9 Å². The average Bonchev–Trinajstić information content (AvgIpc) is 2.56. The summed E-state index contributed by atoms with van der Waals surface area (Å²) in [5, 5.41) is 0. The first-order valence-corrected chi connectivity index (χ1v) is 8.72. The highest BCUT2D eigenvalue weighted by Gasteiger charge is 2.37. The molecule has 2 aromatic rings. The lowest BCUT2D eigenvalue weighted by molar-refractivity contribution is -0.143. The molecule has 12 heteroatoms. The zero-order chi connectivity index (χ0) is 21.3. The Morgan fingerprint density at radius 1 is 0.643 bits per heavy atom. The van der Waals surface area contributed by atoms with Gasteiger partial charge in [-0.15, -0.1) is 0 Å². The molecule has 0 aliphatic carbocycles. The molecule has 0 saturated carbocycles. The third-order valence-electron chi connectivity index (χ3n) is 3.26. The van der Waals surface area contributed by atoms with Crippen LogP contribution in [0.25, 0.3) is 0 Å². The molecule has 0 aliphatic heterocycles. The summed E-state index contributed by atoms with van der Waals surface area (Å²) in [6, 6.07) is 4.81. The smallest absolute Gasteiger partial charge is 0.267 e. The van der Waals surface area contributed by atoms with Gasteiger partial charge in [-0.2, -0.15) is 26.3 Å². The number of hydrogen-bond acceptors (Lipinski definition) is 2. The van der Waals surface area contributed by atoms with Gasteiger partial charge in [0, 0.05) is 20.1 Å². The maximum absolute atomic E-state index is 12.8. The molecule has 2 N–H and O–H groups in total. The second-order valence-electron chi connectivity index (χ2n) is 5.36. The van der Waals surface area contributed by atoms with Gasteiger partial charge in [-0.25, -0.2) is 0 Å². The summed E-state index contributed by atoms with van der Waals surface area (Å²) in [7, 11) is 0. The zero-order valence-corrected chi connectivity index (χ0v) is 16.5. The van der Waals surface area contributed by atoms with Crippen LogP contribution < -0.4 is 10.9 Å². The number of carbonyl (C=O) groups excluding carboxylic acids is 2. The Morgan fingerprint density at radius 2 is 1.00 bits per heavy atom. The first kappa shape index (κ1) is 22.2. The fourth-order valence-corrected chi connectivity index (χ4v) is 3.32. The van der Waals surface area contributed by atoms with Crippen LogP contribution >= 0.6 is 31.9 Å². The number of rotatable bonds is 2. The Bertz CT molecular complexity index is 876. The Morgan fingerprint density at radius 3 is 1.36 bits per heavy atom. The van der Waals surface area contributed by atoms with Gasteiger partial charge < -0.3 is 0 Å². The molecule has 0 fully saturated rings. The normalized spacial score (nSPS) is 11.9. The number of hydrazine groups is 1. The summed E-state index contributed by atoms with van der Waals surface area (Å²) in [5.74, 6) is -2.18. The molecule has 2 amide bonds. The molecule has 0 aromatic heterocycles. The van der Waals surface area contributed by atoms with E-state index in [-0.39, 0.29) is 23.8 Å². The van der Waals surface area contributed by atoms with Crippen molar-refractivity contribution >= 4 is 43.7 Å². The number of amides is 2. The summed E-state index contributed by atoms with van der Waals surface area (Å²) in [5.41, 5.74) is -0.420. The lowest BCUT2D eigenvalue weighted by Gasteiger charge is -2.14. The summed E-state index contributed by atoms with van der Waals surface area (Å²) in [4.78, 5) is 24.0. The maximum atomic E-state index is 12.8. The summed E-state index contributed by atoms with van der Waals surface area (Å²) in [6.45, 7) is 0. The van der Waals surface area contributed by atoms with E-state index in [0.29, 0.717) is 8.95 Å². The van der Waals surface area contributed by atoms with E-state index >= 15 is 0 Å². The van der Waals surface area contributed by atoms with E-state index in [2.05, 4.69) is 31.9 Å². The second-order valence-corrected chi connectivity index (χ2v) is 7.19. The molecule has 28 heavy (non-hydrogen) atoms. The van der Waals surface area contributed by atoms with E-state index in [0.717, 1.165) is 0 Å². The lowest BCUT2D eigenvalue weighted by atomic mass is 10.0. The van der Waals surface area contributed by atoms with Crippen LogP contribution in [0.15, 0.2) is 45.3 Å². The fourth-order valence-electron chi connectivity index (χ4n) is 2.03. The minimum absolute atomic E-state index is 0.0709. The zero-order valence-electron chi connectivity index (χ0n) is 13.3. The molecular weight excluding hydrogens is 526 g/mol. The molecule has 0 spiro atoms. The van der Waals surface area contributed by atoms with Crippen LogP contribution in [0, 0.1) is 0 Å². The maximum Gasteiger partial charge on any atom is 0.416 e. The lowest BCUT2D eigenvalue weighted by Crippen LogP contribution is -2.41. The molecule has 0 unspecified atom stereocenters. The Balaban J connectivity index is 2.25. The number of halogens is 8. The van der Waals surface area contributed by atoms with Gasteiger partial charge >= 0.3 is 12.4 Å². The third-order valence-corrected chi connectivity index (χ3v) is 4.18. The molecule has 0 heterocycles. The van der Waals surface area contributed by atoms with E-state index in [1.54, 1.807) is 11.5 Å². The van der Waals surface area contributed by atoms with Gasteiger partial charge in [0.05, 0.1) is 11.1 Å². The Labute approximate surface area is 170 Å². The quantitative estimate of drug-likeness (QED) is 0.405. The van der Waals surface area contributed by atoms with Crippen molar-refractivity contribution in [2.45, 2.75) is 12.4 Å². The van der Waals surface area contributed by atoms with Crippen LogP contribution in [0.3, 0.4) is 0 Å². The number of carbonyl (C=O) groups is 2. The van der Waals surface area contributed by atoms with Gasteiger partial charge in [-0.1, -0.05) is 31.9 Å². The second kappa shape index (κ2) is 8.11. The van der Waals surface area contributed by atoms with Gasteiger partial charge in [0.15, 0.2) is 0 Å². The predicted octanol–water partition coefficient (Wildman–Crippen LogP) is 5.32. The fraction of sp³-hybridized carbons (Fsp3) is 0.125. The van der Waals surface area contributed by atoms with Crippen LogP contribution in [0.1, 0.15) is 31.8 Å².